The van der Waals surface area contributed by atoms with E-state index >= 15 is 0 Å². The average molecular weight is 403 g/mol. The monoisotopic (exact) mass is 402 g/mol. The quantitative estimate of drug-likeness (QED) is 0.540. The highest BCUT2D eigenvalue weighted by Gasteiger charge is 2.60. The molecule has 0 aromatic rings. The van der Waals surface area contributed by atoms with Crippen LogP contribution in [0.2, 0.25) is 0 Å². The zero-order valence-corrected chi connectivity index (χ0v) is 19.6. The summed E-state index contributed by atoms with van der Waals surface area (Å²) >= 11 is 0. The first kappa shape index (κ1) is 21.8. The van der Waals surface area contributed by atoms with Crippen molar-refractivity contribution in [1.82, 2.24) is 0 Å². The molecule has 9 atom stereocenters. The van der Waals surface area contributed by atoms with Gasteiger partial charge in [0.15, 0.2) is 0 Å². The van der Waals surface area contributed by atoms with Gasteiger partial charge in [-0.3, -0.25) is 4.79 Å². The van der Waals surface area contributed by atoms with Crippen molar-refractivity contribution in [3.8, 4) is 0 Å². The van der Waals surface area contributed by atoms with Crippen LogP contribution in [-0.2, 0) is 4.79 Å². The Kier molecular flexibility index (Phi) is 6.24. The third-order valence-electron chi connectivity index (χ3n) is 10.9. The molecule has 4 rings (SSSR count). The molecule has 0 aromatic heterocycles. The lowest BCUT2D eigenvalue weighted by atomic mass is 9.44. The SMILES string of the molecule is C[C@@H](CO)CCC[C@@H](C)[C@H]1CC[C@H]2[C@@H]3CC[C@H]4CC(=O)CC[C@]4(C)[C@H]3CC[C@]12C. The van der Waals surface area contributed by atoms with Gasteiger partial charge in [0.05, 0.1) is 0 Å². The first-order valence-electron chi connectivity index (χ1n) is 12.9. The maximum atomic E-state index is 12.1. The van der Waals surface area contributed by atoms with Crippen LogP contribution in [0.5, 0.6) is 0 Å². The highest BCUT2D eigenvalue weighted by molar-refractivity contribution is 5.79. The van der Waals surface area contributed by atoms with Crippen molar-refractivity contribution in [2.45, 2.75) is 105 Å². The van der Waals surface area contributed by atoms with Gasteiger partial charge in [0.2, 0.25) is 0 Å². The molecular weight excluding hydrogens is 356 g/mol. The molecule has 0 unspecified atom stereocenters. The number of carbonyl (C=O) groups is 1. The molecule has 0 heterocycles. The minimum absolute atomic E-state index is 0.339. The number of rotatable bonds is 6. The van der Waals surface area contributed by atoms with Gasteiger partial charge in [0.1, 0.15) is 5.78 Å². The maximum Gasteiger partial charge on any atom is 0.133 e. The fraction of sp³-hybridized carbons (Fsp3) is 0.963. The van der Waals surface area contributed by atoms with E-state index in [0.29, 0.717) is 35.1 Å². The molecule has 0 aromatic carbocycles. The van der Waals surface area contributed by atoms with Crippen molar-refractivity contribution < 1.29 is 9.90 Å². The standard InChI is InChI=1S/C27H46O2/c1-18(17-28)6-5-7-19(2)23-10-11-24-22-9-8-20-16-21(29)12-14-26(20,3)25(22)13-15-27(23,24)4/h18-20,22-25,28H,5-17H2,1-4H3/t18-,19-,20+,22+,23-,24+,25+,26+,27-/m1/s1. The molecule has 0 saturated heterocycles. The lowest BCUT2D eigenvalue weighted by Gasteiger charge is -2.60. The van der Waals surface area contributed by atoms with Crippen molar-refractivity contribution in [1.29, 1.82) is 0 Å². The van der Waals surface area contributed by atoms with Crippen LogP contribution in [0.3, 0.4) is 0 Å². The van der Waals surface area contributed by atoms with Crippen LogP contribution in [0.15, 0.2) is 0 Å². The smallest absolute Gasteiger partial charge is 0.133 e. The Labute approximate surface area is 179 Å². The molecule has 0 aliphatic heterocycles. The van der Waals surface area contributed by atoms with E-state index in [9.17, 15) is 9.90 Å². The summed E-state index contributed by atoms with van der Waals surface area (Å²) in [6.07, 6.45) is 15.2. The summed E-state index contributed by atoms with van der Waals surface area (Å²) in [5.74, 6) is 6.14. The Hall–Kier alpha value is -0.370. The predicted molar refractivity (Wildman–Crippen MR) is 119 cm³/mol. The van der Waals surface area contributed by atoms with E-state index in [0.717, 1.165) is 42.4 Å². The molecule has 4 aliphatic rings. The number of fused-ring (bicyclic) bond motifs is 5. The Morgan fingerprint density at radius 1 is 0.966 bits per heavy atom. The normalized spacial score (nSPS) is 46.5. The van der Waals surface area contributed by atoms with Crippen molar-refractivity contribution in [2.24, 2.45) is 52.3 Å². The molecular formula is C27H46O2. The first-order valence-corrected chi connectivity index (χ1v) is 12.9. The van der Waals surface area contributed by atoms with E-state index in [2.05, 4.69) is 27.7 Å². The van der Waals surface area contributed by atoms with Gasteiger partial charge in [-0.25, -0.2) is 0 Å². The van der Waals surface area contributed by atoms with Gasteiger partial charge in [0.25, 0.3) is 0 Å². The Morgan fingerprint density at radius 3 is 2.48 bits per heavy atom. The number of aliphatic hydroxyl groups excluding tert-OH is 1. The number of carbonyl (C=O) groups excluding carboxylic acids is 1. The largest absolute Gasteiger partial charge is 0.396 e. The van der Waals surface area contributed by atoms with Crippen LogP contribution in [0.1, 0.15) is 105 Å². The number of Topliss-reactive ketones (excluding diaryl/α,β-unsaturated/α-hetero) is 1. The number of ketones is 1. The first-order chi connectivity index (χ1) is 13.8. The summed E-state index contributed by atoms with van der Waals surface area (Å²) < 4.78 is 0. The molecule has 0 spiro atoms. The number of aliphatic hydroxyl groups is 1. The van der Waals surface area contributed by atoms with Gasteiger partial charge < -0.3 is 5.11 Å². The van der Waals surface area contributed by atoms with Crippen molar-refractivity contribution in [3.05, 3.63) is 0 Å². The summed E-state index contributed by atoms with van der Waals surface area (Å²) in [4.78, 5) is 12.1. The van der Waals surface area contributed by atoms with E-state index < -0.39 is 0 Å². The fourth-order valence-corrected chi connectivity index (χ4v) is 9.10. The average Bonchev–Trinajstić information content (AvgIpc) is 3.05. The minimum Gasteiger partial charge on any atom is -0.396 e. The predicted octanol–water partition coefficient (Wildman–Crippen LogP) is 6.65. The lowest BCUT2D eigenvalue weighted by molar-refractivity contribution is -0.140. The molecule has 166 valence electrons. The van der Waals surface area contributed by atoms with Crippen LogP contribution >= 0.6 is 0 Å². The van der Waals surface area contributed by atoms with Gasteiger partial charge in [0, 0.05) is 19.4 Å². The van der Waals surface area contributed by atoms with Crippen LogP contribution in [-0.4, -0.2) is 17.5 Å². The maximum absolute atomic E-state index is 12.1. The summed E-state index contributed by atoms with van der Waals surface area (Å²) in [5, 5.41) is 9.32. The molecule has 4 saturated carbocycles. The number of hydrogen-bond acceptors (Lipinski definition) is 2. The Morgan fingerprint density at radius 2 is 1.72 bits per heavy atom. The molecule has 4 aliphatic carbocycles. The van der Waals surface area contributed by atoms with E-state index in [1.807, 2.05) is 0 Å². The molecule has 2 nitrogen and oxygen atoms in total. The summed E-state index contributed by atoms with van der Waals surface area (Å²) in [5.41, 5.74) is 0.999. The minimum atomic E-state index is 0.339. The van der Waals surface area contributed by atoms with Gasteiger partial charge in [-0.15, -0.1) is 0 Å². The van der Waals surface area contributed by atoms with E-state index in [4.69, 9.17) is 0 Å². The molecule has 0 radical (unpaired) electrons. The molecule has 4 fully saturated rings. The van der Waals surface area contributed by atoms with Gasteiger partial charge >= 0.3 is 0 Å². The Bertz CT molecular complexity index is 599. The second kappa shape index (κ2) is 8.29. The zero-order valence-electron chi connectivity index (χ0n) is 19.6. The van der Waals surface area contributed by atoms with Crippen molar-refractivity contribution in [3.63, 3.8) is 0 Å². The third-order valence-corrected chi connectivity index (χ3v) is 10.9. The van der Waals surface area contributed by atoms with Crippen LogP contribution in [0, 0.1) is 52.3 Å². The number of hydrogen-bond donors (Lipinski definition) is 1. The molecule has 1 N–H and O–H groups in total. The van der Waals surface area contributed by atoms with Crippen molar-refractivity contribution in [2.75, 3.05) is 6.61 Å². The summed E-state index contributed by atoms with van der Waals surface area (Å²) in [7, 11) is 0. The zero-order chi connectivity index (χ0) is 20.8. The third kappa shape index (κ3) is 3.74. The van der Waals surface area contributed by atoms with E-state index in [1.165, 1.54) is 64.2 Å². The second-order valence-electron chi connectivity index (χ2n) is 12.3. The molecule has 0 amide bonds. The van der Waals surface area contributed by atoms with Crippen LogP contribution < -0.4 is 0 Å². The van der Waals surface area contributed by atoms with Crippen LogP contribution in [0.4, 0.5) is 0 Å². The lowest BCUT2D eigenvalue weighted by Crippen LogP contribution is -2.53. The van der Waals surface area contributed by atoms with Crippen molar-refractivity contribution >= 4 is 5.78 Å². The van der Waals surface area contributed by atoms with Crippen LogP contribution in [0.25, 0.3) is 0 Å². The second-order valence-corrected chi connectivity index (χ2v) is 12.3. The highest BCUT2D eigenvalue weighted by Crippen LogP contribution is 2.68. The summed E-state index contributed by atoms with van der Waals surface area (Å²) in [6, 6.07) is 0. The van der Waals surface area contributed by atoms with E-state index in [1.54, 1.807) is 0 Å². The molecule has 2 heteroatoms. The molecule has 0 bridgehead atoms. The van der Waals surface area contributed by atoms with Gasteiger partial charge in [-0.1, -0.05) is 40.5 Å². The summed E-state index contributed by atoms with van der Waals surface area (Å²) in [6.45, 7) is 10.3. The van der Waals surface area contributed by atoms with Gasteiger partial charge in [-0.2, -0.15) is 0 Å². The van der Waals surface area contributed by atoms with E-state index in [-0.39, 0.29) is 0 Å². The fourth-order valence-electron chi connectivity index (χ4n) is 9.10. The molecule has 29 heavy (non-hydrogen) atoms. The highest BCUT2D eigenvalue weighted by atomic mass is 16.3. The van der Waals surface area contributed by atoms with Gasteiger partial charge in [-0.05, 0) is 104 Å². The topological polar surface area (TPSA) is 37.3 Å². The Balaban J connectivity index is 1.44.